The predicted molar refractivity (Wildman–Crippen MR) is 199 cm³/mol. The molecule has 0 radical (unpaired) electrons. The lowest BCUT2D eigenvalue weighted by Gasteiger charge is -2.12. The second kappa shape index (κ2) is 14.7. The summed E-state index contributed by atoms with van der Waals surface area (Å²) in [5, 5.41) is 63.7. The van der Waals surface area contributed by atoms with Gasteiger partial charge in [-0.1, -0.05) is 86.6 Å². The van der Waals surface area contributed by atoms with Crippen molar-refractivity contribution in [2.24, 2.45) is 0 Å². The maximum Gasteiger partial charge on any atom is 0.119 e. The van der Waals surface area contributed by atoms with Crippen LogP contribution in [0.15, 0.2) is 109 Å². The normalized spacial score (nSPS) is 11.2. The van der Waals surface area contributed by atoms with E-state index in [1.807, 2.05) is 86.6 Å². The smallest absolute Gasteiger partial charge is 0.119 e. The summed E-state index contributed by atoms with van der Waals surface area (Å²) >= 11 is 0. The fourth-order valence-corrected chi connectivity index (χ4v) is 6.44. The molecule has 0 amide bonds. The van der Waals surface area contributed by atoms with Crippen molar-refractivity contribution in [2.75, 3.05) is 0 Å². The summed E-state index contributed by atoms with van der Waals surface area (Å²) in [6.07, 6.45) is 3.59. The molecule has 0 aliphatic carbocycles. The number of phenolic OH excluding ortho intramolecular Hbond substituents is 6. The van der Waals surface area contributed by atoms with Crippen LogP contribution < -0.4 is 0 Å². The Bertz CT molecular complexity index is 2010. The molecule has 0 saturated heterocycles. The maximum absolute atomic E-state index is 10.9. The van der Waals surface area contributed by atoms with Gasteiger partial charge in [-0.3, -0.25) is 0 Å². The highest BCUT2D eigenvalue weighted by Gasteiger charge is 2.13. The van der Waals surface area contributed by atoms with Crippen LogP contribution in [0.25, 0.3) is 33.4 Å². The molecule has 0 fully saturated rings. The molecule has 0 unspecified atom stereocenters. The van der Waals surface area contributed by atoms with Crippen LogP contribution in [0.5, 0.6) is 34.5 Å². The van der Waals surface area contributed by atoms with Crippen molar-refractivity contribution in [1.29, 1.82) is 0 Å². The molecule has 0 spiro atoms. The Morgan fingerprint density at radius 2 is 0.460 bits per heavy atom. The van der Waals surface area contributed by atoms with Gasteiger partial charge >= 0.3 is 0 Å². The third-order valence-corrected chi connectivity index (χ3v) is 9.60. The second-order valence-corrected chi connectivity index (χ2v) is 12.8. The Morgan fingerprint density at radius 3 is 0.620 bits per heavy atom. The number of hydrogen-bond acceptors (Lipinski definition) is 6. The van der Waals surface area contributed by atoms with E-state index in [1.165, 1.54) is 0 Å². The standard InChI is InChI=1S/C44H42O6/c1-3-27-5-15-33(21-39(27)45)35-17-11-29(41(47)23-35)7-9-31-13-19-37(25-43(31)49)38-20-14-32(44(50)26-38)10-8-30-12-18-36(24-42(30)48)34-16-6-28(4-2)40(46)22-34/h5-6,11-26,45-50H,3-4,7-10H2,1-2H3. The molecule has 6 aromatic rings. The molecule has 6 heteroatoms. The Labute approximate surface area is 292 Å². The summed E-state index contributed by atoms with van der Waals surface area (Å²) in [4.78, 5) is 0. The molecular formula is C44H42O6. The van der Waals surface area contributed by atoms with E-state index in [1.54, 1.807) is 36.4 Å². The minimum Gasteiger partial charge on any atom is -0.508 e. The van der Waals surface area contributed by atoms with Crippen LogP contribution in [0.4, 0.5) is 0 Å². The number of aryl methyl sites for hydroxylation is 6. The van der Waals surface area contributed by atoms with Gasteiger partial charge in [0.2, 0.25) is 0 Å². The topological polar surface area (TPSA) is 121 Å². The summed E-state index contributed by atoms with van der Waals surface area (Å²) in [7, 11) is 0. The van der Waals surface area contributed by atoms with Crippen LogP contribution >= 0.6 is 0 Å². The Balaban J connectivity index is 1.08. The van der Waals surface area contributed by atoms with Crippen LogP contribution in [0.3, 0.4) is 0 Å². The molecule has 0 saturated carbocycles. The second-order valence-electron chi connectivity index (χ2n) is 12.8. The molecule has 50 heavy (non-hydrogen) atoms. The lowest BCUT2D eigenvalue weighted by Crippen LogP contribution is -1.95. The number of rotatable bonds is 11. The highest BCUT2D eigenvalue weighted by molar-refractivity contribution is 5.70. The molecule has 6 nitrogen and oxygen atoms in total. The van der Waals surface area contributed by atoms with Crippen molar-refractivity contribution in [1.82, 2.24) is 0 Å². The highest BCUT2D eigenvalue weighted by atomic mass is 16.3. The molecule has 6 aromatic carbocycles. The molecule has 254 valence electrons. The Hall–Kier alpha value is -5.88. The molecule has 6 rings (SSSR count). The van der Waals surface area contributed by atoms with E-state index in [0.717, 1.165) is 79.6 Å². The Morgan fingerprint density at radius 1 is 0.280 bits per heavy atom. The zero-order valence-electron chi connectivity index (χ0n) is 28.3. The first-order valence-electron chi connectivity index (χ1n) is 17.1. The van der Waals surface area contributed by atoms with Crippen molar-refractivity contribution in [2.45, 2.75) is 52.4 Å². The highest BCUT2D eigenvalue weighted by Crippen LogP contribution is 2.35. The third kappa shape index (κ3) is 7.40. The SMILES string of the molecule is CCc1ccc(-c2ccc(CCc3ccc(-c4ccc(CCc5ccc(-c6ccc(CC)c(O)c6)cc5O)c(O)c4)cc3O)c(O)c2)cc1O. The van der Waals surface area contributed by atoms with Gasteiger partial charge in [-0.15, -0.1) is 0 Å². The van der Waals surface area contributed by atoms with Crippen molar-refractivity contribution < 1.29 is 30.6 Å². The third-order valence-electron chi connectivity index (χ3n) is 9.60. The first-order chi connectivity index (χ1) is 24.1. The van der Waals surface area contributed by atoms with Gasteiger partial charge in [-0.25, -0.2) is 0 Å². The van der Waals surface area contributed by atoms with Crippen molar-refractivity contribution in [3.05, 3.63) is 143 Å². The molecule has 0 aromatic heterocycles. The van der Waals surface area contributed by atoms with Gasteiger partial charge in [0.1, 0.15) is 34.5 Å². The van der Waals surface area contributed by atoms with Crippen LogP contribution in [0, 0.1) is 0 Å². The van der Waals surface area contributed by atoms with Crippen LogP contribution in [-0.4, -0.2) is 30.6 Å². The summed E-state index contributed by atoms with van der Waals surface area (Å²) in [5.74, 6) is 1.11. The fourth-order valence-electron chi connectivity index (χ4n) is 6.44. The van der Waals surface area contributed by atoms with Gasteiger partial charge in [0.05, 0.1) is 0 Å². The average molecular weight is 667 g/mol. The molecule has 0 aliphatic rings. The van der Waals surface area contributed by atoms with Gasteiger partial charge in [-0.05, 0) is 142 Å². The number of phenols is 6. The lowest BCUT2D eigenvalue weighted by molar-refractivity contribution is 0.462. The number of aromatic hydroxyl groups is 6. The summed E-state index contributed by atoms with van der Waals surface area (Å²) < 4.78 is 0. The minimum atomic E-state index is 0.143. The predicted octanol–water partition coefficient (Wildman–Crippen LogP) is 9.62. The van der Waals surface area contributed by atoms with E-state index in [4.69, 9.17) is 0 Å². The average Bonchev–Trinajstić information content (AvgIpc) is 3.11. The summed E-state index contributed by atoms with van der Waals surface area (Å²) in [6.45, 7) is 3.98. The van der Waals surface area contributed by atoms with Crippen molar-refractivity contribution in [3.63, 3.8) is 0 Å². The largest absolute Gasteiger partial charge is 0.508 e. The van der Waals surface area contributed by atoms with Crippen molar-refractivity contribution >= 4 is 0 Å². The van der Waals surface area contributed by atoms with E-state index in [2.05, 4.69) is 0 Å². The number of benzene rings is 6. The van der Waals surface area contributed by atoms with Crippen molar-refractivity contribution in [3.8, 4) is 67.9 Å². The minimum absolute atomic E-state index is 0.143. The van der Waals surface area contributed by atoms with E-state index in [0.29, 0.717) is 25.7 Å². The molecule has 0 atom stereocenters. The van der Waals surface area contributed by atoms with Crippen LogP contribution in [0.2, 0.25) is 0 Å². The first kappa shape index (κ1) is 34.0. The number of hydrogen-bond donors (Lipinski definition) is 6. The quantitative estimate of drug-likeness (QED) is 0.0819. The molecule has 6 N–H and O–H groups in total. The lowest BCUT2D eigenvalue weighted by atomic mass is 9.95. The van der Waals surface area contributed by atoms with E-state index >= 15 is 0 Å². The van der Waals surface area contributed by atoms with Gasteiger partial charge in [0.15, 0.2) is 0 Å². The Kier molecular flexibility index (Phi) is 10.0. The summed E-state index contributed by atoms with van der Waals surface area (Å²) in [5.41, 5.74) is 9.60. The maximum atomic E-state index is 10.9. The van der Waals surface area contributed by atoms with Crippen LogP contribution in [-0.2, 0) is 38.5 Å². The van der Waals surface area contributed by atoms with E-state index in [9.17, 15) is 30.6 Å². The molecular weight excluding hydrogens is 624 g/mol. The van der Waals surface area contributed by atoms with Gasteiger partial charge in [0, 0.05) is 0 Å². The fraction of sp³-hybridized carbons (Fsp3) is 0.182. The van der Waals surface area contributed by atoms with Gasteiger partial charge in [0.25, 0.3) is 0 Å². The molecule has 0 heterocycles. The van der Waals surface area contributed by atoms with E-state index < -0.39 is 0 Å². The zero-order chi connectivity index (χ0) is 35.4. The monoisotopic (exact) mass is 666 g/mol. The van der Waals surface area contributed by atoms with Gasteiger partial charge in [-0.2, -0.15) is 0 Å². The first-order valence-corrected chi connectivity index (χ1v) is 17.1. The molecule has 0 aliphatic heterocycles. The molecule has 0 bridgehead atoms. The van der Waals surface area contributed by atoms with E-state index in [-0.39, 0.29) is 34.5 Å². The summed E-state index contributed by atoms with van der Waals surface area (Å²) in [6, 6.07) is 33.0. The zero-order valence-corrected chi connectivity index (χ0v) is 28.3. The van der Waals surface area contributed by atoms with Crippen LogP contribution in [0.1, 0.15) is 47.2 Å². The van der Waals surface area contributed by atoms with Gasteiger partial charge < -0.3 is 30.6 Å².